The number of likely N-dealkylation sites (N-methyl/N-ethyl adjacent to an activating group) is 1. The Morgan fingerprint density at radius 1 is 1.32 bits per heavy atom. The van der Waals surface area contributed by atoms with Gasteiger partial charge in [-0.1, -0.05) is 31.5 Å². The largest absolute Gasteiger partial charge is 0.324 e. The fraction of sp³-hybridized carbons (Fsp3) is 0.333. The molecule has 1 aromatic rings. The molecule has 0 radical (unpaired) electrons. The summed E-state index contributed by atoms with van der Waals surface area (Å²) in [5.74, 6) is 0.803. The lowest BCUT2D eigenvalue weighted by atomic mass is 10.1. The summed E-state index contributed by atoms with van der Waals surface area (Å²) in [6, 6.07) is 6.37. The summed E-state index contributed by atoms with van der Waals surface area (Å²) in [6.07, 6.45) is 2.75. The van der Waals surface area contributed by atoms with Crippen molar-refractivity contribution in [1.29, 1.82) is 0 Å². The number of nitrogens with one attached hydrogen (secondary N) is 3. The number of hydrogen-bond donors (Lipinski definition) is 3. The minimum atomic E-state index is -0.419. The summed E-state index contributed by atoms with van der Waals surface area (Å²) in [5.41, 5.74) is 1.64. The van der Waals surface area contributed by atoms with Gasteiger partial charge in [0.2, 0.25) is 0 Å². The molecule has 0 saturated heterocycles. The van der Waals surface area contributed by atoms with Gasteiger partial charge < -0.3 is 16.0 Å². The van der Waals surface area contributed by atoms with Crippen molar-refractivity contribution < 1.29 is 9.59 Å². The smallest absolute Gasteiger partial charge is 0.316 e. The summed E-state index contributed by atoms with van der Waals surface area (Å²) in [7, 11) is 1.78. The van der Waals surface area contributed by atoms with Gasteiger partial charge in [0.25, 0.3) is 0 Å². The number of unbranched alkanes of at least 4 members (excludes halogenated alkanes) is 1. The van der Waals surface area contributed by atoms with E-state index in [4.69, 9.17) is 11.6 Å². The van der Waals surface area contributed by atoms with Crippen LogP contribution >= 0.6 is 23.4 Å². The van der Waals surface area contributed by atoms with Crippen LogP contribution in [-0.4, -0.2) is 31.7 Å². The summed E-state index contributed by atoms with van der Waals surface area (Å²) in [6.45, 7) is 6.47. The molecule has 0 unspecified atom stereocenters. The molecule has 1 rings (SSSR count). The fourth-order valence-corrected chi connectivity index (χ4v) is 3.18. The molecule has 0 atom stereocenters. The molecule has 1 aromatic carbocycles. The number of aldehydes is 1. The minimum absolute atomic E-state index is 0.404. The summed E-state index contributed by atoms with van der Waals surface area (Å²) in [4.78, 5) is 23.8. The predicted molar refractivity (Wildman–Crippen MR) is 107 cm³/mol. The van der Waals surface area contributed by atoms with E-state index in [0.29, 0.717) is 33.4 Å². The molecule has 0 bridgehead atoms. The van der Waals surface area contributed by atoms with E-state index in [-0.39, 0.29) is 0 Å². The zero-order valence-electron chi connectivity index (χ0n) is 14.5. The molecule has 136 valence electrons. The number of urea groups is 1. The van der Waals surface area contributed by atoms with Gasteiger partial charge >= 0.3 is 6.03 Å². The van der Waals surface area contributed by atoms with Crippen LogP contribution < -0.4 is 16.0 Å². The molecule has 25 heavy (non-hydrogen) atoms. The number of hydrogen-bond acceptors (Lipinski definition) is 4. The van der Waals surface area contributed by atoms with E-state index in [2.05, 4.69) is 29.5 Å². The van der Waals surface area contributed by atoms with E-state index in [1.54, 1.807) is 31.3 Å². The van der Waals surface area contributed by atoms with Crippen LogP contribution in [0, 0.1) is 0 Å². The highest BCUT2D eigenvalue weighted by Gasteiger charge is 2.13. The second-order valence-electron chi connectivity index (χ2n) is 5.28. The first-order valence-electron chi connectivity index (χ1n) is 8.00. The van der Waals surface area contributed by atoms with Crippen molar-refractivity contribution in [2.45, 2.75) is 19.8 Å². The number of carbonyl (C=O) groups excluding carboxylic acids is 2. The number of rotatable bonds is 10. The van der Waals surface area contributed by atoms with E-state index in [9.17, 15) is 9.59 Å². The quantitative estimate of drug-likeness (QED) is 0.246. The second kappa shape index (κ2) is 11.7. The van der Waals surface area contributed by atoms with Crippen molar-refractivity contribution in [3.8, 4) is 0 Å². The zero-order valence-corrected chi connectivity index (χ0v) is 16.1. The van der Waals surface area contributed by atoms with Crippen molar-refractivity contribution in [1.82, 2.24) is 10.6 Å². The number of anilines is 1. The molecule has 0 aliphatic heterocycles. The number of amides is 2. The Morgan fingerprint density at radius 3 is 2.56 bits per heavy atom. The highest BCUT2D eigenvalue weighted by molar-refractivity contribution is 8.03. The molecule has 0 aliphatic carbocycles. The second-order valence-corrected chi connectivity index (χ2v) is 6.82. The standard InChI is InChI=1S/C18H24ClN3O2S/c1-4-5-10-25-17(16(12-23)13(2)11-20-3)22-18(24)21-15-8-6-14(19)7-9-15/h6-9,12,20H,2,4-5,10-11H2,1,3H3,(H2,21,22,24)/b17-16-. The van der Waals surface area contributed by atoms with Crippen molar-refractivity contribution in [2.24, 2.45) is 0 Å². The number of halogens is 1. The molecule has 0 aromatic heterocycles. The summed E-state index contributed by atoms with van der Waals surface area (Å²) in [5, 5.41) is 9.55. The van der Waals surface area contributed by atoms with Gasteiger partial charge in [0.1, 0.15) is 0 Å². The van der Waals surface area contributed by atoms with Crippen LogP contribution in [0.15, 0.2) is 47.0 Å². The normalized spacial score (nSPS) is 11.5. The van der Waals surface area contributed by atoms with Gasteiger partial charge in [-0.05, 0) is 49.1 Å². The topological polar surface area (TPSA) is 70.2 Å². The number of benzene rings is 1. The monoisotopic (exact) mass is 381 g/mol. The molecular formula is C18H24ClN3O2S. The Balaban J connectivity index is 2.90. The Kier molecular flexibility index (Phi) is 9.99. The summed E-state index contributed by atoms with van der Waals surface area (Å²) >= 11 is 7.28. The third-order valence-corrected chi connectivity index (χ3v) is 4.56. The van der Waals surface area contributed by atoms with Crippen LogP contribution in [-0.2, 0) is 4.79 Å². The SMILES string of the molecule is C=C(CNC)/C(C=O)=C(/NC(=O)Nc1ccc(Cl)cc1)SCCCC. The van der Waals surface area contributed by atoms with Gasteiger partial charge in [0, 0.05) is 22.8 Å². The van der Waals surface area contributed by atoms with Gasteiger partial charge in [-0.3, -0.25) is 4.79 Å². The lowest BCUT2D eigenvalue weighted by molar-refractivity contribution is -0.104. The van der Waals surface area contributed by atoms with Gasteiger partial charge in [-0.15, -0.1) is 11.8 Å². The molecule has 2 amide bonds. The van der Waals surface area contributed by atoms with Gasteiger partial charge in [-0.2, -0.15) is 0 Å². The van der Waals surface area contributed by atoms with Crippen molar-refractivity contribution in [3.63, 3.8) is 0 Å². The molecular weight excluding hydrogens is 358 g/mol. The Bertz CT molecular complexity index is 630. The maximum Gasteiger partial charge on any atom is 0.324 e. The van der Waals surface area contributed by atoms with Crippen LogP contribution in [0.1, 0.15) is 19.8 Å². The van der Waals surface area contributed by atoms with Gasteiger partial charge in [0.05, 0.1) is 5.03 Å². The third kappa shape index (κ3) is 7.77. The van der Waals surface area contributed by atoms with Crippen molar-refractivity contribution in [2.75, 3.05) is 24.7 Å². The fourth-order valence-electron chi connectivity index (χ4n) is 1.90. The Hall–Kier alpha value is -1.76. The maximum absolute atomic E-state index is 12.3. The molecule has 7 heteroatoms. The van der Waals surface area contributed by atoms with Crippen LogP contribution in [0.25, 0.3) is 0 Å². The van der Waals surface area contributed by atoms with Crippen LogP contribution in [0.2, 0.25) is 5.02 Å². The van der Waals surface area contributed by atoms with Crippen LogP contribution in [0.4, 0.5) is 10.5 Å². The minimum Gasteiger partial charge on any atom is -0.316 e. The van der Waals surface area contributed by atoms with Crippen molar-refractivity contribution in [3.05, 3.63) is 52.0 Å². The third-order valence-electron chi connectivity index (χ3n) is 3.21. The van der Waals surface area contributed by atoms with E-state index in [1.807, 2.05) is 0 Å². The Morgan fingerprint density at radius 2 is 2.00 bits per heavy atom. The maximum atomic E-state index is 12.3. The van der Waals surface area contributed by atoms with E-state index < -0.39 is 6.03 Å². The molecule has 0 fully saturated rings. The van der Waals surface area contributed by atoms with E-state index in [1.165, 1.54) is 11.8 Å². The average molecular weight is 382 g/mol. The molecule has 0 saturated carbocycles. The first-order chi connectivity index (χ1) is 12.0. The van der Waals surface area contributed by atoms with Crippen LogP contribution in [0.5, 0.6) is 0 Å². The molecule has 3 N–H and O–H groups in total. The highest BCUT2D eigenvalue weighted by Crippen LogP contribution is 2.22. The zero-order chi connectivity index (χ0) is 18.7. The van der Waals surface area contributed by atoms with E-state index in [0.717, 1.165) is 24.9 Å². The van der Waals surface area contributed by atoms with Crippen molar-refractivity contribution >= 4 is 41.4 Å². The predicted octanol–water partition coefficient (Wildman–Crippen LogP) is 4.18. The van der Waals surface area contributed by atoms with Gasteiger partial charge in [0.15, 0.2) is 6.29 Å². The Labute approximate surface area is 158 Å². The lowest BCUT2D eigenvalue weighted by Crippen LogP contribution is -2.29. The first kappa shape index (κ1) is 21.3. The lowest BCUT2D eigenvalue weighted by Gasteiger charge is -2.15. The molecule has 0 aliphatic rings. The molecule has 0 heterocycles. The number of thioether (sulfide) groups is 1. The first-order valence-corrected chi connectivity index (χ1v) is 9.36. The van der Waals surface area contributed by atoms with Crippen LogP contribution in [0.3, 0.4) is 0 Å². The highest BCUT2D eigenvalue weighted by atomic mass is 35.5. The summed E-state index contributed by atoms with van der Waals surface area (Å²) < 4.78 is 0. The average Bonchev–Trinajstić information content (AvgIpc) is 2.58. The van der Waals surface area contributed by atoms with E-state index >= 15 is 0 Å². The molecule has 0 spiro atoms. The van der Waals surface area contributed by atoms with Gasteiger partial charge in [-0.25, -0.2) is 4.79 Å². The number of carbonyl (C=O) groups is 2. The molecule has 5 nitrogen and oxygen atoms in total.